The molecule has 0 saturated carbocycles. The molecule has 1 N–H and O–H groups in total. The van der Waals surface area contributed by atoms with Crippen LogP contribution in [0, 0.1) is 11.3 Å². The molecule has 0 aliphatic heterocycles. The molecule has 0 radical (unpaired) electrons. The summed E-state index contributed by atoms with van der Waals surface area (Å²) >= 11 is 0. The molecule has 0 saturated heterocycles. The van der Waals surface area contributed by atoms with Gasteiger partial charge < -0.3 is 9.73 Å². The summed E-state index contributed by atoms with van der Waals surface area (Å²) < 4.78 is 6.87. The first-order valence-corrected chi connectivity index (χ1v) is 5.91. The summed E-state index contributed by atoms with van der Waals surface area (Å²) in [5.41, 5.74) is 1.77. The lowest BCUT2D eigenvalue weighted by Crippen LogP contribution is -2.00. The zero-order valence-corrected chi connectivity index (χ0v) is 10.4. The molecule has 0 spiro atoms. The van der Waals surface area contributed by atoms with Gasteiger partial charge in [0, 0.05) is 5.69 Å². The molecule has 20 heavy (non-hydrogen) atoms. The first-order chi connectivity index (χ1) is 9.85. The van der Waals surface area contributed by atoms with Gasteiger partial charge in [0.2, 0.25) is 5.76 Å². The van der Waals surface area contributed by atoms with Crippen molar-refractivity contribution >= 4 is 5.69 Å². The highest BCUT2D eigenvalue weighted by atomic mass is 16.3. The highest BCUT2D eigenvalue weighted by molar-refractivity contribution is 5.50. The van der Waals surface area contributed by atoms with Crippen molar-refractivity contribution in [1.82, 2.24) is 20.2 Å². The summed E-state index contributed by atoms with van der Waals surface area (Å²) in [6.07, 6.45) is 1.53. The number of hydrogen-bond acceptors (Lipinski definition) is 6. The number of rotatable bonds is 4. The number of nitrogens with zero attached hydrogens (tertiary/aromatic N) is 5. The van der Waals surface area contributed by atoms with Crippen molar-refractivity contribution in [3.63, 3.8) is 0 Å². The Kier molecular flexibility index (Phi) is 3.12. The van der Waals surface area contributed by atoms with Crippen molar-refractivity contribution in [2.75, 3.05) is 5.32 Å². The van der Waals surface area contributed by atoms with Crippen LogP contribution in [0.5, 0.6) is 0 Å². The molecule has 0 fully saturated rings. The average Bonchev–Trinajstić information content (AvgIpc) is 3.17. The lowest BCUT2D eigenvalue weighted by atomic mass is 10.2. The van der Waals surface area contributed by atoms with E-state index in [1.807, 2.05) is 30.3 Å². The Labute approximate surface area is 114 Å². The highest BCUT2D eigenvalue weighted by Crippen LogP contribution is 2.15. The van der Waals surface area contributed by atoms with E-state index in [1.165, 1.54) is 6.33 Å². The fourth-order valence-corrected chi connectivity index (χ4v) is 1.76. The van der Waals surface area contributed by atoms with Crippen molar-refractivity contribution in [2.24, 2.45) is 0 Å². The molecule has 0 aliphatic carbocycles. The first-order valence-electron chi connectivity index (χ1n) is 5.91. The Balaban J connectivity index is 1.72. The quantitative estimate of drug-likeness (QED) is 0.773. The van der Waals surface area contributed by atoms with Gasteiger partial charge in [0.1, 0.15) is 18.2 Å². The van der Waals surface area contributed by atoms with E-state index < -0.39 is 0 Å². The Morgan fingerprint density at radius 1 is 1.30 bits per heavy atom. The number of benzene rings is 1. The molecule has 0 unspecified atom stereocenters. The maximum atomic E-state index is 8.69. The summed E-state index contributed by atoms with van der Waals surface area (Å²) in [6, 6.07) is 13.0. The van der Waals surface area contributed by atoms with Crippen LogP contribution in [0.15, 0.2) is 47.1 Å². The highest BCUT2D eigenvalue weighted by Gasteiger charge is 2.02. The summed E-state index contributed by atoms with van der Waals surface area (Å²) in [5, 5.41) is 22.9. The van der Waals surface area contributed by atoms with Crippen LogP contribution < -0.4 is 5.32 Å². The van der Waals surface area contributed by atoms with Gasteiger partial charge >= 0.3 is 0 Å². The van der Waals surface area contributed by atoms with E-state index in [4.69, 9.17) is 9.68 Å². The molecule has 0 atom stereocenters. The van der Waals surface area contributed by atoms with Crippen molar-refractivity contribution in [1.29, 1.82) is 5.26 Å². The molecule has 0 bridgehead atoms. The molecule has 7 nitrogen and oxygen atoms in total. The van der Waals surface area contributed by atoms with Crippen LogP contribution in [0.2, 0.25) is 0 Å². The number of anilines is 1. The van der Waals surface area contributed by atoms with Crippen LogP contribution in [0.3, 0.4) is 0 Å². The summed E-state index contributed by atoms with van der Waals surface area (Å²) in [5.74, 6) is 1.01. The van der Waals surface area contributed by atoms with E-state index >= 15 is 0 Å². The maximum absolute atomic E-state index is 8.69. The van der Waals surface area contributed by atoms with Crippen molar-refractivity contribution in [3.05, 3.63) is 54.2 Å². The number of furan rings is 1. The smallest absolute Gasteiger partial charge is 0.203 e. The van der Waals surface area contributed by atoms with E-state index in [-0.39, 0.29) is 0 Å². The zero-order chi connectivity index (χ0) is 13.8. The Morgan fingerprint density at radius 2 is 2.25 bits per heavy atom. The topological polar surface area (TPSA) is 92.6 Å². The predicted molar refractivity (Wildman–Crippen MR) is 69.9 cm³/mol. The van der Waals surface area contributed by atoms with Gasteiger partial charge in [-0.3, -0.25) is 0 Å². The molecule has 7 heteroatoms. The second kappa shape index (κ2) is 5.24. The van der Waals surface area contributed by atoms with Crippen LogP contribution in [0.1, 0.15) is 11.5 Å². The van der Waals surface area contributed by atoms with Crippen LogP contribution in [0.25, 0.3) is 5.69 Å². The largest absolute Gasteiger partial charge is 0.449 e. The average molecular weight is 266 g/mol. The van der Waals surface area contributed by atoms with Crippen LogP contribution in [-0.4, -0.2) is 20.2 Å². The predicted octanol–water partition coefficient (Wildman–Crippen LogP) is 1.74. The van der Waals surface area contributed by atoms with E-state index in [2.05, 4.69) is 20.8 Å². The third-order valence-corrected chi connectivity index (χ3v) is 2.70. The van der Waals surface area contributed by atoms with Crippen LogP contribution >= 0.6 is 0 Å². The first kappa shape index (κ1) is 11.9. The van der Waals surface area contributed by atoms with Gasteiger partial charge in [-0.2, -0.15) is 5.26 Å². The number of aromatic nitrogens is 4. The van der Waals surface area contributed by atoms with Crippen LogP contribution in [0.4, 0.5) is 5.69 Å². The van der Waals surface area contributed by atoms with Crippen molar-refractivity contribution in [3.8, 4) is 11.8 Å². The van der Waals surface area contributed by atoms with Gasteiger partial charge in [0.25, 0.3) is 0 Å². The van der Waals surface area contributed by atoms with E-state index in [0.29, 0.717) is 18.1 Å². The Bertz CT molecular complexity index is 740. The van der Waals surface area contributed by atoms with Gasteiger partial charge in [-0.25, -0.2) is 4.68 Å². The SMILES string of the molecule is N#Cc1ccc(CNc2cccc(-n3cnnn3)c2)o1. The fraction of sp³-hybridized carbons (Fsp3) is 0.0769. The molecule has 3 aromatic rings. The van der Waals surface area contributed by atoms with Gasteiger partial charge in [-0.1, -0.05) is 6.07 Å². The molecular weight excluding hydrogens is 256 g/mol. The minimum atomic E-state index is 0.309. The van der Waals surface area contributed by atoms with Gasteiger partial charge in [-0.15, -0.1) is 5.10 Å². The Morgan fingerprint density at radius 3 is 3.00 bits per heavy atom. The zero-order valence-electron chi connectivity index (χ0n) is 10.4. The van der Waals surface area contributed by atoms with Gasteiger partial charge in [0.15, 0.2) is 0 Å². The minimum Gasteiger partial charge on any atom is -0.449 e. The minimum absolute atomic E-state index is 0.309. The van der Waals surface area contributed by atoms with E-state index in [0.717, 1.165) is 11.4 Å². The molecule has 0 aliphatic rings. The molecule has 2 aromatic heterocycles. The monoisotopic (exact) mass is 266 g/mol. The number of nitrogens with one attached hydrogen (secondary N) is 1. The molecule has 0 amide bonds. The van der Waals surface area contributed by atoms with E-state index in [1.54, 1.807) is 16.8 Å². The second-order valence-electron chi connectivity index (χ2n) is 4.04. The Hall–Kier alpha value is -3.14. The molecular formula is C13H10N6O. The summed E-state index contributed by atoms with van der Waals surface area (Å²) in [7, 11) is 0. The standard InChI is InChI=1S/C13H10N6O/c14-7-12-4-5-13(20-12)8-15-10-2-1-3-11(6-10)19-9-16-17-18-19/h1-6,9,15H,8H2. The molecule has 3 rings (SSSR count). The lowest BCUT2D eigenvalue weighted by Gasteiger charge is -2.06. The molecule has 1 aromatic carbocycles. The number of nitriles is 1. The van der Waals surface area contributed by atoms with Gasteiger partial charge in [-0.05, 0) is 40.8 Å². The fourth-order valence-electron chi connectivity index (χ4n) is 1.76. The lowest BCUT2D eigenvalue weighted by molar-refractivity contribution is 0.506. The third-order valence-electron chi connectivity index (χ3n) is 2.70. The summed E-state index contributed by atoms with van der Waals surface area (Å²) in [4.78, 5) is 0. The number of hydrogen-bond donors (Lipinski definition) is 1. The third kappa shape index (κ3) is 2.49. The normalized spacial score (nSPS) is 10.2. The van der Waals surface area contributed by atoms with Crippen molar-refractivity contribution in [2.45, 2.75) is 6.54 Å². The molecule has 98 valence electrons. The van der Waals surface area contributed by atoms with Gasteiger partial charge in [0.05, 0.1) is 12.2 Å². The molecule has 2 heterocycles. The van der Waals surface area contributed by atoms with E-state index in [9.17, 15) is 0 Å². The number of tetrazole rings is 1. The second-order valence-corrected chi connectivity index (χ2v) is 4.04. The maximum Gasteiger partial charge on any atom is 0.203 e. The van der Waals surface area contributed by atoms with Crippen molar-refractivity contribution < 1.29 is 4.42 Å². The van der Waals surface area contributed by atoms with Crippen LogP contribution in [-0.2, 0) is 6.54 Å². The summed E-state index contributed by atoms with van der Waals surface area (Å²) in [6.45, 7) is 0.501.